The van der Waals surface area contributed by atoms with Gasteiger partial charge in [0.05, 0.1) is 6.04 Å². The molecular formula is C15H22N2O2. The van der Waals surface area contributed by atoms with Crippen LogP contribution >= 0.6 is 0 Å². The number of carbonyl (C=O) groups is 1. The first-order valence-corrected chi connectivity index (χ1v) is 6.59. The maximum Gasteiger partial charge on any atom is 0.410 e. The van der Waals surface area contributed by atoms with E-state index in [-0.39, 0.29) is 18.2 Å². The molecule has 1 aliphatic carbocycles. The van der Waals surface area contributed by atoms with Crippen LogP contribution in [-0.2, 0) is 11.2 Å². The molecule has 0 bridgehead atoms. The lowest BCUT2D eigenvalue weighted by atomic mass is 10.1. The quantitative estimate of drug-likeness (QED) is 0.846. The number of rotatable bonds is 1. The second kappa shape index (κ2) is 4.85. The van der Waals surface area contributed by atoms with Crippen molar-refractivity contribution in [3.63, 3.8) is 0 Å². The number of hydrogen-bond donors (Lipinski definition) is 1. The fraction of sp³-hybridized carbons (Fsp3) is 0.533. The monoisotopic (exact) mass is 262 g/mol. The summed E-state index contributed by atoms with van der Waals surface area (Å²) < 4.78 is 5.41. The minimum atomic E-state index is -0.492. The Hall–Kier alpha value is -1.55. The van der Waals surface area contributed by atoms with E-state index in [0.717, 1.165) is 12.0 Å². The van der Waals surface area contributed by atoms with E-state index in [9.17, 15) is 4.79 Å². The summed E-state index contributed by atoms with van der Waals surface area (Å²) in [5.41, 5.74) is 8.04. The SMILES string of the molecule is CN(C(=O)OC(C)(C)C)[C@H]1c2ccccc2C[C@@H]1N. The topological polar surface area (TPSA) is 55.6 Å². The van der Waals surface area contributed by atoms with E-state index in [1.54, 1.807) is 11.9 Å². The van der Waals surface area contributed by atoms with Crippen LogP contribution in [0.25, 0.3) is 0 Å². The van der Waals surface area contributed by atoms with Crippen LogP contribution in [-0.4, -0.2) is 29.7 Å². The van der Waals surface area contributed by atoms with Gasteiger partial charge in [0.1, 0.15) is 5.60 Å². The summed E-state index contributed by atoms with van der Waals surface area (Å²) >= 11 is 0. The first-order valence-electron chi connectivity index (χ1n) is 6.59. The average Bonchev–Trinajstić information content (AvgIpc) is 2.61. The van der Waals surface area contributed by atoms with Gasteiger partial charge in [-0.1, -0.05) is 24.3 Å². The van der Waals surface area contributed by atoms with Crippen LogP contribution in [0.3, 0.4) is 0 Å². The fourth-order valence-electron chi connectivity index (χ4n) is 2.55. The van der Waals surface area contributed by atoms with Gasteiger partial charge < -0.3 is 15.4 Å². The molecule has 0 fully saturated rings. The molecular weight excluding hydrogens is 240 g/mol. The zero-order valence-electron chi connectivity index (χ0n) is 12.0. The first-order chi connectivity index (χ1) is 8.79. The third-order valence-electron chi connectivity index (χ3n) is 3.33. The average molecular weight is 262 g/mol. The Labute approximate surface area is 114 Å². The molecule has 0 saturated heterocycles. The van der Waals surface area contributed by atoms with Crippen molar-refractivity contribution in [3.05, 3.63) is 35.4 Å². The number of carbonyl (C=O) groups excluding carboxylic acids is 1. The van der Waals surface area contributed by atoms with E-state index in [4.69, 9.17) is 10.5 Å². The highest BCUT2D eigenvalue weighted by Gasteiger charge is 2.36. The summed E-state index contributed by atoms with van der Waals surface area (Å²) in [6.45, 7) is 5.59. The van der Waals surface area contributed by atoms with Crippen LogP contribution < -0.4 is 5.73 Å². The molecule has 0 aromatic heterocycles. The van der Waals surface area contributed by atoms with Gasteiger partial charge in [0.25, 0.3) is 0 Å². The Bertz CT molecular complexity index is 479. The molecule has 0 unspecified atom stereocenters. The Balaban J connectivity index is 2.20. The van der Waals surface area contributed by atoms with Crippen LogP contribution in [0.1, 0.15) is 37.9 Å². The van der Waals surface area contributed by atoms with Gasteiger partial charge in [-0.05, 0) is 38.3 Å². The van der Waals surface area contributed by atoms with Crippen LogP contribution in [0.5, 0.6) is 0 Å². The maximum atomic E-state index is 12.1. The molecule has 2 N–H and O–H groups in total. The number of likely N-dealkylation sites (N-methyl/N-ethyl adjacent to an activating group) is 1. The number of benzene rings is 1. The highest BCUT2D eigenvalue weighted by molar-refractivity contribution is 5.69. The molecule has 2 rings (SSSR count). The molecule has 104 valence electrons. The van der Waals surface area contributed by atoms with E-state index in [2.05, 4.69) is 6.07 Å². The van der Waals surface area contributed by atoms with Gasteiger partial charge in [0.15, 0.2) is 0 Å². The third kappa shape index (κ3) is 2.89. The lowest BCUT2D eigenvalue weighted by molar-refractivity contribution is 0.0206. The fourth-order valence-corrected chi connectivity index (χ4v) is 2.55. The molecule has 4 heteroatoms. The van der Waals surface area contributed by atoms with E-state index < -0.39 is 5.60 Å². The van der Waals surface area contributed by atoms with E-state index >= 15 is 0 Å². The number of nitrogens with two attached hydrogens (primary N) is 1. The zero-order valence-corrected chi connectivity index (χ0v) is 12.0. The molecule has 2 atom stereocenters. The molecule has 0 spiro atoms. The molecule has 4 nitrogen and oxygen atoms in total. The van der Waals surface area contributed by atoms with Gasteiger partial charge in [-0.15, -0.1) is 0 Å². The van der Waals surface area contributed by atoms with Gasteiger partial charge >= 0.3 is 6.09 Å². The lowest BCUT2D eigenvalue weighted by Crippen LogP contribution is -2.42. The third-order valence-corrected chi connectivity index (χ3v) is 3.33. The Morgan fingerprint density at radius 3 is 2.63 bits per heavy atom. The van der Waals surface area contributed by atoms with Crippen molar-refractivity contribution in [2.75, 3.05) is 7.05 Å². The molecule has 0 saturated carbocycles. The summed E-state index contributed by atoms with van der Waals surface area (Å²) in [7, 11) is 1.75. The summed E-state index contributed by atoms with van der Waals surface area (Å²) in [6.07, 6.45) is 0.471. The maximum absolute atomic E-state index is 12.1. The summed E-state index contributed by atoms with van der Waals surface area (Å²) in [5.74, 6) is 0. The van der Waals surface area contributed by atoms with Crippen LogP contribution in [0.15, 0.2) is 24.3 Å². The Morgan fingerprint density at radius 2 is 2.00 bits per heavy atom. The zero-order chi connectivity index (χ0) is 14.2. The van der Waals surface area contributed by atoms with Crippen molar-refractivity contribution >= 4 is 6.09 Å². The van der Waals surface area contributed by atoms with Crippen LogP contribution in [0.2, 0.25) is 0 Å². The second-order valence-corrected chi connectivity index (χ2v) is 6.10. The number of nitrogens with zero attached hydrogens (tertiary/aromatic N) is 1. The van der Waals surface area contributed by atoms with Gasteiger partial charge in [-0.3, -0.25) is 0 Å². The predicted octanol–water partition coefficient (Wildman–Crippen LogP) is 2.48. The number of amides is 1. The minimum absolute atomic E-state index is 0.0741. The van der Waals surface area contributed by atoms with Gasteiger partial charge in [-0.2, -0.15) is 0 Å². The second-order valence-electron chi connectivity index (χ2n) is 6.10. The van der Waals surface area contributed by atoms with Crippen molar-refractivity contribution in [1.82, 2.24) is 4.90 Å². The van der Waals surface area contributed by atoms with Gasteiger partial charge in [0, 0.05) is 13.1 Å². The van der Waals surface area contributed by atoms with Crippen molar-refractivity contribution in [2.24, 2.45) is 5.73 Å². The van der Waals surface area contributed by atoms with Crippen molar-refractivity contribution < 1.29 is 9.53 Å². The summed E-state index contributed by atoms with van der Waals surface area (Å²) in [5, 5.41) is 0. The predicted molar refractivity (Wildman–Crippen MR) is 74.9 cm³/mol. The number of fused-ring (bicyclic) bond motifs is 1. The lowest BCUT2D eigenvalue weighted by Gasteiger charge is -2.31. The summed E-state index contributed by atoms with van der Waals surface area (Å²) in [4.78, 5) is 13.8. The van der Waals surface area contributed by atoms with Gasteiger partial charge in [-0.25, -0.2) is 4.79 Å². The molecule has 1 aromatic rings. The molecule has 0 aliphatic heterocycles. The largest absolute Gasteiger partial charge is 0.444 e. The van der Waals surface area contributed by atoms with E-state index in [1.807, 2.05) is 39.0 Å². The Kier molecular flexibility index (Phi) is 3.54. The number of ether oxygens (including phenoxy) is 1. The minimum Gasteiger partial charge on any atom is -0.444 e. The highest BCUT2D eigenvalue weighted by Crippen LogP contribution is 2.34. The molecule has 0 heterocycles. The molecule has 1 amide bonds. The van der Waals surface area contributed by atoms with Gasteiger partial charge in [0.2, 0.25) is 0 Å². The summed E-state index contributed by atoms with van der Waals surface area (Å²) in [6, 6.07) is 7.90. The van der Waals surface area contributed by atoms with Crippen molar-refractivity contribution in [3.8, 4) is 0 Å². The van der Waals surface area contributed by atoms with Crippen LogP contribution in [0, 0.1) is 0 Å². The Morgan fingerprint density at radius 1 is 1.37 bits per heavy atom. The smallest absolute Gasteiger partial charge is 0.410 e. The molecule has 0 radical (unpaired) electrons. The molecule has 1 aromatic carbocycles. The molecule has 1 aliphatic rings. The highest BCUT2D eigenvalue weighted by atomic mass is 16.6. The standard InChI is InChI=1S/C15H22N2O2/c1-15(2,3)19-14(18)17(4)13-11-8-6-5-7-10(11)9-12(13)16/h5-8,12-13H,9,16H2,1-4H3/t12-,13-/m0/s1. The van der Waals surface area contributed by atoms with Crippen molar-refractivity contribution in [2.45, 2.75) is 44.9 Å². The molecule has 19 heavy (non-hydrogen) atoms. The first kappa shape index (κ1) is 13.9. The van der Waals surface area contributed by atoms with E-state index in [1.165, 1.54) is 5.56 Å². The van der Waals surface area contributed by atoms with E-state index in [0.29, 0.717) is 0 Å². The normalized spacial score (nSPS) is 21.9. The number of hydrogen-bond acceptors (Lipinski definition) is 3. The van der Waals surface area contributed by atoms with Crippen LogP contribution in [0.4, 0.5) is 4.79 Å². The van der Waals surface area contributed by atoms with Crippen molar-refractivity contribution in [1.29, 1.82) is 0 Å².